The number of β-amino-alcohol motifs (C(OH)–C–C–N with tert-alkyl or cyclic N) is 1. The van der Waals surface area contributed by atoms with Gasteiger partial charge in [-0.3, -0.25) is 4.90 Å². The third-order valence-electron chi connectivity index (χ3n) is 4.83. The number of benzene rings is 2. The Hall–Kier alpha value is -1.24. The smallest absolute Gasteiger partial charge is 0.0567 e. The van der Waals surface area contributed by atoms with Crippen LogP contribution in [0.5, 0.6) is 0 Å². The highest BCUT2D eigenvalue weighted by atomic mass is 35.5. The molecule has 0 amide bonds. The summed E-state index contributed by atoms with van der Waals surface area (Å²) in [6, 6.07) is 14.0. The van der Waals surface area contributed by atoms with Crippen molar-refractivity contribution in [3.63, 3.8) is 0 Å². The topological polar surface area (TPSA) is 30.0 Å². The normalized spacial score (nSPS) is 20.9. The zero-order chi connectivity index (χ0) is 22.2. The van der Waals surface area contributed by atoms with Gasteiger partial charge in [0.1, 0.15) is 0 Å². The first-order valence-electron chi connectivity index (χ1n) is 11.2. The zero-order valence-corrected chi connectivity index (χ0v) is 16.6. The van der Waals surface area contributed by atoms with Crippen LogP contribution in [0.2, 0.25) is 5.02 Å². The first kappa shape index (κ1) is 14.7. The molecule has 2 aliphatic heterocycles. The predicted octanol–water partition coefficient (Wildman–Crippen LogP) is 3.94. The van der Waals surface area contributed by atoms with Crippen LogP contribution in [-0.4, -0.2) is 67.2 Å². The summed E-state index contributed by atoms with van der Waals surface area (Å²) < 4.78 is 33.1. The fourth-order valence-corrected chi connectivity index (χ4v) is 4.73. The molecule has 0 saturated carbocycles. The van der Waals surface area contributed by atoms with Gasteiger partial charge in [0.25, 0.3) is 0 Å². The summed E-state index contributed by atoms with van der Waals surface area (Å²) in [6.45, 7) is -1.76. The molecule has 1 fully saturated rings. The van der Waals surface area contributed by atoms with Crippen LogP contribution >= 0.6 is 23.4 Å². The predicted molar refractivity (Wildman–Crippen MR) is 114 cm³/mol. The number of aliphatic hydroxyl groups is 1. The van der Waals surface area contributed by atoms with Gasteiger partial charge in [-0.15, -0.1) is 0 Å². The third kappa shape index (κ3) is 4.44. The molecular weight excluding hydrogens is 378 g/mol. The second kappa shape index (κ2) is 8.84. The Kier molecular flexibility index (Phi) is 4.82. The fraction of sp³-hybridized carbons (Fsp3) is 0.429. The van der Waals surface area contributed by atoms with E-state index in [2.05, 4.69) is 17.0 Å². The number of anilines is 2. The van der Waals surface area contributed by atoms with Crippen LogP contribution in [0.15, 0.2) is 52.3 Å². The lowest BCUT2D eigenvalue weighted by Crippen LogP contribution is -2.47. The Morgan fingerprint density at radius 1 is 0.963 bits per heavy atom. The monoisotopic (exact) mass is 407 g/mol. The quantitative estimate of drug-likeness (QED) is 0.783. The number of hydrogen-bond donors (Lipinski definition) is 1. The molecule has 1 saturated heterocycles. The number of para-hydroxylation sites is 1. The van der Waals surface area contributed by atoms with Crippen LogP contribution in [0, 0.1) is 0 Å². The summed E-state index contributed by atoms with van der Waals surface area (Å²) in [7, 11) is 0. The third-order valence-corrected chi connectivity index (χ3v) is 6.20. The van der Waals surface area contributed by atoms with E-state index in [9.17, 15) is 5.11 Å². The Labute approximate surface area is 176 Å². The van der Waals surface area contributed by atoms with Crippen molar-refractivity contribution in [3.8, 4) is 0 Å². The number of rotatable bonds is 6. The minimum Gasteiger partial charge on any atom is -0.395 e. The molecular formula is C21H26ClN3OS. The molecule has 4 nitrogen and oxygen atoms in total. The van der Waals surface area contributed by atoms with Gasteiger partial charge in [0.2, 0.25) is 0 Å². The molecule has 1 N–H and O–H groups in total. The summed E-state index contributed by atoms with van der Waals surface area (Å²) in [5, 5.41) is 9.91. The summed E-state index contributed by atoms with van der Waals surface area (Å²) in [4.78, 5) is 7.74. The minimum absolute atomic E-state index is 0.296. The van der Waals surface area contributed by atoms with E-state index in [1.54, 1.807) is 21.6 Å². The number of fused-ring (bicyclic) bond motifs is 2. The van der Waals surface area contributed by atoms with E-state index < -0.39 is 19.6 Å². The van der Waals surface area contributed by atoms with Gasteiger partial charge in [0.15, 0.2) is 0 Å². The van der Waals surface area contributed by atoms with Crippen molar-refractivity contribution in [2.24, 2.45) is 0 Å². The highest BCUT2D eigenvalue weighted by Gasteiger charge is 2.23. The largest absolute Gasteiger partial charge is 0.395 e. The number of piperazine rings is 1. The summed E-state index contributed by atoms with van der Waals surface area (Å²) in [6.07, 6.45) is 0.296. The lowest BCUT2D eigenvalue weighted by atomic mass is 10.2. The standard InChI is InChI=1S/C21H26ClN3OS/c22-17-6-7-21-19(16-17)25(18-4-1-2-5-20(18)27-21)9-3-8-23-10-12-24(13-11-23)14-15-26/h1-2,4-7,16,26H,3,8-15H2/i8D2,14D2. The summed E-state index contributed by atoms with van der Waals surface area (Å²) in [5.74, 6) is 0. The molecule has 0 aromatic heterocycles. The maximum absolute atomic E-state index is 9.26. The molecule has 0 aliphatic carbocycles. The Morgan fingerprint density at radius 3 is 2.44 bits per heavy atom. The van der Waals surface area contributed by atoms with E-state index in [4.69, 9.17) is 17.1 Å². The van der Waals surface area contributed by atoms with Crippen molar-refractivity contribution >= 4 is 34.7 Å². The van der Waals surface area contributed by atoms with Gasteiger partial charge in [-0.1, -0.05) is 35.5 Å². The van der Waals surface area contributed by atoms with Crippen molar-refractivity contribution < 1.29 is 10.6 Å². The van der Waals surface area contributed by atoms with Crippen LogP contribution in [0.25, 0.3) is 0 Å². The second-order valence-electron chi connectivity index (χ2n) is 6.53. The van der Waals surface area contributed by atoms with Crippen LogP contribution < -0.4 is 4.90 Å². The lowest BCUT2D eigenvalue weighted by Gasteiger charge is -2.36. The van der Waals surface area contributed by atoms with E-state index in [1.165, 1.54) is 0 Å². The van der Waals surface area contributed by atoms with Crippen molar-refractivity contribution in [1.82, 2.24) is 9.80 Å². The maximum atomic E-state index is 9.26. The first-order valence-corrected chi connectivity index (χ1v) is 10.4. The van der Waals surface area contributed by atoms with E-state index in [0.29, 0.717) is 44.2 Å². The molecule has 0 bridgehead atoms. The Morgan fingerprint density at radius 2 is 1.67 bits per heavy atom. The van der Waals surface area contributed by atoms with Crippen LogP contribution in [0.4, 0.5) is 11.4 Å². The molecule has 4 rings (SSSR count). The van der Waals surface area contributed by atoms with Crippen LogP contribution in [0.1, 0.15) is 11.9 Å². The maximum Gasteiger partial charge on any atom is 0.0567 e. The van der Waals surface area contributed by atoms with Crippen molar-refractivity contribution in [2.45, 2.75) is 16.2 Å². The van der Waals surface area contributed by atoms with Gasteiger partial charge >= 0.3 is 0 Å². The molecule has 27 heavy (non-hydrogen) atoms. The van der Waals surface area contributed by atoms with E-state index in [-0.39, 0.29) is 0 Å². The van der Waals surface area contributed by atoms with E-state index >= 15 is 0 Å². The van der Waals surface area contributed by atoms with Gasteiger partial charge in [-0.05, 0) is 43.2 Å². The van der Waals surface area contributed by atoms with Gasteiger partial charge in [0, 0.05) is 59.5 Å². The fourth-order valence-electron chi connectivity index (χ4n) is 3.49. The first-order chi connectivity index (χ1) is 14.7. The lowest BCUT2D eigenvalue weighted by molar-refractivity contribution is 0.112. The number of nitrogens with zero attached hydrogens (tertiary/aromatic N) is 3. The van der Waals surface area contributed by atoms with Gasteiger partial charge in [-0.2, -0.15) is 0 Å². The summed E-state index contributed by atoms with van der Waals surface area (Å²) in [5.41, 5.74) is 2.05. The zero-order valence-electron chi connectivity index (χ0n) is 19.1. The average molecular weight is 408 g/mol. The molecule has 144 valence electrons. The van der Waals surface area contributed by atoms with E-state index in [1.807, 2.05) is 30.3 Å². The van der Waals surface area contributed by atoms with Crippen molar-refractivity contribution in [1.29, 1.82) is 0 Å². The molecule has 2 aromatic carbocycles. The van der Waals surface area contributed by atoms with Crippen molar-refractivity contribution in [2.75, 3.05) is 57.2 Å². The Bertz CT molecular complexity index is 941. The van der Waals surface area contributed by atoms with Crippen LogP contribution in [-0.2, 0) is 0 Å². The molecule has 2 heterocycles. The number of aliphatic hydroxyl groups excluding tert-OH is 1. The number of halogens is 1. The average Bonchev–Trinajstić information content (AvgIpc) is 2.77. The molecule has 0 unspecified atom stereocenters. The molecule has 2 aromatic rings. The highest BCUT2D eigenvalue weighted by molar-refractivity contribution is 7.99. The van der Waals surface area contributed by atoms with Gasteiger partial charge in [-0.25, -0.2) is 0 Å². The van der Waals surface area contributed by atoms with E-state index in [0.717, 1.165) is 21.2 Å². The molecule has 0 spiro atoms. The molecule has 6 heteroatoms. The molecule has 2 aliphatic rings. The molecule has 0 radical (unpaired) electrons. The van der Waals surface area contributed by atoms with Crippen LogP contribution in [0.3, 0.4) is 0 Å². The van der Waals surface area contributed by atoms with Gasteiger partial charge < -0.3 is 14.9 Å². The highest BCUT2D eigenvalue weighted by Crippen LogP contribution is 2.48. The van der Waals surface area contributed by atoms with Crippen molar-refractivity contribution in [3.05, 3.63) is 47.5 Å². The minimum atomic E-state index is -1.77. The molecule has 0 atom stereocenters. The summed E-state index contributed by atoms with van der Waals surface area (Å²) >= 11 is 7.97. The SMILES string of the molecule is [2H]C([2H])(CO)N1CCN(C([2H])([2H])CCN2c3ccccc3Sc3ccc(Cl)cc32)CC1. The Balaban J connectivity index is 1.48. The second-order valence-corrected chi connectivity index (χ2v) is 8.05. The number of hydrogen-bond acceptors (Lipinski definition) is 5. The van der Waals surface area contributed by atoms with Gasteiger partial charge in [0.05, 0.1) is 18.0 Å².